The van der Waals surface area contributed by atoms with Crippen LogP contribution in [0, 0.1) is 0 Å². The van der Waals surface area contributed by atoms with Gasteiger partial charge in [0, 0.05) is 5.69 Å². The number of fused-ring (bicyclic) bond motifs is 1. The Morgan fingerprint density at radius 1 is 1.00 bits per heavy atom. The Bertz CT molecular complexity index is 1070. The predicted octanol–water partition coefficient (Wildman–Crippen LogP) is 5.33. The van der Waals surface area contributed by atoms with E-state index in [0.717, 1.165) is 11.1 Å². The number of rotatable bonds is 4. The van der Waals surface area contributed by atoms with E-state index in [1.165, 1.54) is 0 Å². The lowest BCUT2D eigenvalue weighted by molar-refractivity contribution is -0.115. The maximum absolute atomic E-state index is 12.2. The minimum Gasteiger partial charge on any atom is -0.436 e. The molecule has 0 fully saturated rings. The number of nitrogens with zero attached hydrogens (tertiary/aromatic N) is 1. The van der Waals surface area contributed by atoms with Gasteiger partial charge in [-0.1, -0.05) is 54.1 Å². The fraction of sp³-hybridized carbons (Fsp3) is 0.0476. The van der Waals surface area contributed by atoms with Gasteiger partial charge in [0.15, 0.2) is 5.58 Å². The highest BCUT2D eigenvalue weighted by molar-refractivity contribution is 6.33. The van der Waals surface area contributed by atoms with E-state index in [9.17, 15) is 4.79 Å². The van der Waals surface area contributed by atoms with Crippen molar-refractivity contribution < 1.29 is 9.21 Å². The summed E-state index contributed by atoms with van der Waals surface area (Å²) in [4.78, 5) is 16.7. The second kappa shape index (κ2) is 7.02. The molecular weight excluding hydrogens is 348 g/mol. The monoisotopic (exact) mass is 362 g/mol. The van der Waals surface area contributed by atoms with Crippen LogP contribution in [0.5, 0.6) is 0 Å². The van der Waals surface area contributed by atoms with Crippen molar-refractivity contribution in [3.8, 4) is 11.5 Å². The minimum absolute atomic E-state index is 0.0784. The van der Waals surface area contributed by atoms with Crippen LogP contribution in [0.4, 0.5) is 5.69 Å². The maximum atomic E-state index is 12.2. The summed E-state index contributed by atoms with van der Waals surface area (Å²) in [5.41, 5.74) is 3.68. The lowest BCUT2D eigenvalue weighted by Gasteiger charge is -2.04. The van der Waals surface area contributed by atoms with Crippen molar-refractivity contribution in [2.45, 2.75) is 6.42 Å². The van der Waals surface area contributed by atoms with Crippen molar-refractivity contribution in [2.75, 3.05) is 5.32 Å². The van der Waals surface area contributed by atoms with Crippen molar-refractivity contribution in [3.05, 3.63) is 83.4 Å². The zero-order valence-corrected chi connectivity index (χ0v) is 14.5. The van der Waals surface area contributed by atoms with E-state index in [1.54, 1.807) is 24.3 Å². The third-order valence-corrected chi connectivity index (χ3v) is 4.31. The molecule has 0 bridgehead atoms. The van der Waals surface area contributed by atoms with Crippen LogP contribution in [-0.4, -0.2) is 10.9 Å². The number of aromatic nitrogens is 1. The molecule has 1 heterocycles. The topological polar surface area (TPSA) is 55.1 Å². The van der Waals surface area contributed by atoms with Crippen LogP contribution in [0.15, 0.2) is 77.2 Å². The van der Waals surface area contributed by atoms with Crippen LogP contribution in [-0.2, 0) is 11.2 Å². The highest BCUT2D eigenvalue weighted by atomic mass is 35.5. The second-order valence-corrected chi connectivity index (χ2v) is 6.30. The summed E-state index contributed by atoms with van der Waals surface area (Å²) >= 11 is 6.21. The first-order chi connectivity index (χ1) is 12.7. The molecule has 4 aromatic rings. The van der Waals surface area contributed by atoms with E-state index >= 15 is 0 Å². The van der Waals surface area contributed by atoms with E-state index < -0.39 is 0 Å². The van der Waals surface area contributed by atoms with Gasteiger partial charge in [-0.15, -0.1) is 0 Å². The highest BCUT2D eigenvalue weighted by Crippen LogP contribution is 2.30. The van der Waals surface area contributed by atoms with Gasteiger partial charge < -0.3 is 9.73 Å². The number of nitrogens with one attached hydrogen (secondary N) is 1. The Hall–Kier alpha value is -3.11. The Balaban J connectivity index is 1.56. The quantitative estimate of drug-likeness (QED) is 0.534. The van der Waals surface area contributed by atoms with Crippen molar-refractivity contribution in [3.63, 3.8) is 0 Å². The molecule has 0 unspecified atom stereocenters. The van der Waals surface area contributed by atoms with Crippen molar-refractivity contribution in [1.29, 1.82) is 0 Å². The summed E-state index contributed by atoms with van der Waals surface area (Å²) in [6, 6.07) is 22.4. The average molecular weight is 363 g/mol. The van der Waals surface area contributed by atoms with Crippen molar-refractivity contribution in [2.24, 2.45) is 0 Å². The SMILES string of the molecule is O=C(Cc1ccccc1)Nc1ccc2oc(-c3ccccc3Cl)nc2c1. The smallest absolute Gasteiger partial charge is 0.228 e. The zero-order valence-electron chi connectivity index (χ0n) is 13.8. The van der Waals surface area contributed by atoms with Crippen molar-refractivity contribution >= 4 is 34.3 Å². The molecule has 0 aliphatic heterocycles. The normalized spacial score (nSPS) is 10.8. The molecule has 128 valence electrons. The molecule has 1 N–H and O–H groups in total. The number of carbonyl (C=O) groups is 1. The molecule has 1 amide bonds. The largest absolute Gasteiger partial charge is 0.436 e. The van der Waals surface area contributed by atoms with E-state index in [4.69, 9.17) is 16.0 Å². The average Bonchev–Trinajstić information content (AvgIpc) is 3.06. The van der Waals surface area contributed by atoms with Crippen LogP contribution < -0.4 is 5.32 Å². The second-order valence-electron chi connectivity index (χ2n) is 5.89. The number of oxazole rings is 1. The van der Waals surface area contributed by atoms with Crippen LogP contribution in [0.2, 0.25) is 5.02 Å². The molecule has 0 aliphatic rings. The standard InChI is InChI=1S/C21H15ClN2O2/c22-17-9-5-4-8-16(17)21-24-18-13-15(10-11-19(18)26-21)23-20(25)12-14-6-2-1-3-7-14/h1-11,13H,12H2,(H,23,25). The van der Waals surface area contributed by atoms with Gasteiger partial charge in [-0.3, -0.25) is 4.79 Å². The fourth-order valence-electron chi connectivity index (χ4n) is 2.74. The third kappa shape index (κ3) is 3.46. The highest BCUT2D eigenvalue weighted by Gasteiger charge is 2.12. The molecule has 4 rings (SSSR count). The van der Waals surface area contributed by atoms with E-state index in [1.807, 2.05) is 48.5 Å². The Morgan fingerprint density at radius 2 is 1.77 bits per heavy atom. The molecule has 0 atom stereocenters. The van der Waals surface area contributed by atoms with Crippen LogP contribution in [0.1, 0.15) is 5.56 Å². The molecule has 26 heavy (non-hydrogen) atoms. The van der Waals surface area contributed by atoms with Gasteiger partial charge in [-0.05, 0) is 35.9 Å². The molecule has 0 spiro atoms. The van der Waals surface area contributed by atoms with Gasteiger partial charge >= 0.3 is 0 Å². The number of hydrogen-bond acceptors (Lipinski definition) is 3. The molecule has 4 nitrogen and oxygen atoms in total. The molecule has 5 heteroatoms. The molecule has 0 aliphatic carbocycles. The number of anilines is 1. The van der Waals surface area contributed by atoms with Crippen LogP contribution in [0.25, 0.3) is 22.6 Å². The fourth-order valence-corrected chi connectivity index (χ4v) is 2.96. The van der Waals surface area contributed by atoms with Crippen LogP contribution >= 0.6 is 11.6 Å². The number of hydrogen-bond donors (Lipinski definition) is 1. The van der Waals surface area contributed by atoms with Gasteiger partial charge in [-0.2, -0.15) is 0 Å². The maximum Gasteiger partial charge on any atom is 0.228 e. The van der Waals surface area contributed by atoms with Gasteiger partial charge in [0.25, 0.3) is 0 Å². The molecule has 0 saturated heterocycles. The summed E-state index contributed by atoms with van der Waals surface area (Å²) < 4.78 is 5.78. The summed E-state index contributed by atoms with van der Waals surface area (Å²) in [7, 11) is 0. The van der Waals surface area contributed by atoms with Crippen LogP contribution in [0.3, 0.4) is 0 Å². The number of carbonyl (C=O) groups excluding carboxylic acids is 1. The van der Waals surface area contributed by atoms with Gasteiger partial charge in [0.1, 0.15) is 5.52 Å². The van der Waals surface area contributed by atoms with Crippen molar-refractivity contribution in [1.82, 2.24) is 4.98 Å². The summed E-state index contributed by atoms with van der Waals surface area (Å²) in [6.07, 6.45) is 0.322. The summed E-state index contributed by atoms with van der Waals surface area (Å²) in [5, 5.41) is 3.48. The van der Waals surface area contributed by atoms with Gasteiger partial charge in [0.2, 0.25) is 11.8 Å². The van der Waals surface area contributed by atoms with E-state index in [2.05, 4.69) is 10.3 Å². The predicted molar refractivity (Wildman–Crippen MR) is 103 cm³/mol. The first-order valence-electron chi connectivity index (χ1n) is 8.18. The Morgan fingerprint density at radius 3 is 2.58 bits per heavy atom. The Labute approximate surface area is 155 Å². The van der Waals surface area contributed by atoms with Gasteiger partial charge in [-0.25, -0.2) is 4.98 Å². The lowest BCUT2D eigenvalue weighted by Crippen LogP contribution is -2.14. The first kappa shape index (κ1) is 16.4. The molecule has 0 radical (unpaired) electrons. The summed E-state index contributed by atoms with van der Waals surface area (Å²) in [5.74, 6) is 0.378. The molecule has 1 aromatic heterocycles. The lowest BCUT2D eigenvalue weighted by atomic mass is 10.1. The van der Waals surface area contributed by atoms with E-state index in [0.29, 0.717) is 34.1 Å². The Kier molecular flexibility index (Phi) is 4.42. The van der Waals surface area contributed by atoms with E-state index in [-0.39, 0.29) is 5.91 Å². The molecule has 0 saturated carbocycles. The molecular formula is C21H15ClN2O2. The third-order valence-electron chi connectivity index (χ3n) is 3.98. The van der Waals surface area contributed by atoms with Gasteiger partial charge in [0.05, 0.1) is 17.0 Å². The first-order valence-corrected chi connectivity index (χ1v) is 8.56. The zero-order chi connectivity index (χ0) is 17.9. The molecule has 3 aromatic carbocycles. The minimum atomic E-state index is -0.0784. The summed E-state index contributed by atoms with van der Waals surface area (Å²) in [6.45, 7) is 0. The number of amides is 1. The number of halogens is 1. The number of benzene rings is 3.